The van der Waals surface area contributed by atoms with E-state index in [4.69, 9.17) is 4.74 Å². The minimum Gasteiger partial charge on any atom is -0.374 e. The number of hydrogen-bond donors (Lipinski definition) is 0. The first kappa shape index (κ1) is 17.0. The first-order chi connectivity index (χ1) is 10.5. The van der Waals surface area contributed by atoms with Crippen LogP contribution in [0.5, 0.6) is 0 Å². The zero-order chi connectivity index (χ0) is 16.2. The van der Waals surface area contributed by atoms with Gasteiger partial charge in [-0.1, -0.05) is 44.2 Å². The number of nitrogens with zero attached hydrogens (tertiary/aromatic N) is 1. The second-order valence-electron chi connectivity index (χ2n) is 6.90. The molecular formula is C19H29NO2. The molecule has 1 heterocycles. The van der Waals surface area contributed by atoms with Crippen LogP contribution in [0.25, 0.3) is 0 Å². The molecule has 0 aromatic heterocycles. The fraction of sp³-hybridized carbons (Fsp3) is 0.632. The summed E-state index contributed by atoms with van der Waals surface area (Å²) >= 11 is 0. The van der Waals surface area contributed by atoms with Crippen LogP contribution in [0.1, 0.15) is 46.1 Å². The van der Waals surface area contributed by atoms with Gasteiger partial charge in [0.25, 0.3) is 0 Å². The molecule has 1 aliphatic heterocycles. The summed E-state index contributed by atoms with van der Waals surface area (Å²) in [4.78, 5) is 14.9. The Kier molecular flexibility index (Phi) is 5.63. The summed E-state index contributed by atoms with van der Waals surface area (Å²) in [6.45, 7) is 9.70. The molecule has 0 saturated carbocycles. The largest absolute Gasteiger partial charge is 0.374 e. The minimum atomic E-state index is -0.215. The second-order valence-corrected chi connectivity index (χ2v) is 6.90. The van der Waals surface area contributed by atoms with Gasteiger partial charge in [0.2, 0.25) is 5.91 Å². The van der Waals surface area contributed by atoms with Crippen molar-refractivity contribution in [3.8, 4) is 0 Å². The van der Waals surface area contributed by atoms with Crippen LogP contribution in [0.15, 0.2) is 30.3 Å². The first-order valence-corrected chi connectivity index (χ1v) is 8.45. The highest BCUT2D eigenvalue weighted by Gasteiger charge is 2.39. The Bertz CT molecular complexity index is 479. The van der Waals surface area contributed by atoms with Crippen LogP contribution >= 0.6 is 0 Å². The van der Waals surface area contributed by atoms with Crippen LogP contribution in [0.2, 0.25) is 0 Å². The van der Waals surface area contributed by atoms with Crippen LogP contribution in [0.4, 0.5) is 0 Å². The molecule has 2 rings (SSSR count). The Morgan fingerprint density at radius 1 is 1.27 bits per heavy atom. The van der Waals surface area contributed by atoms with Gasteiger partial charge in [0.15, 0.2) is 0 Å². The molecule has 0 N–H and O–H groups in total. The summed E-state index contributed by atoms with van der Waals surface area (Å²) in [7, 11) is 0. The summed E-state index contributed by atoms with van der Waals surface area (Å²) in [6, 6.07) is 10.4. The molecule has 1 saturated heterocycles. The topological polar surface area (TPSA) is 29.5 Å². The number of rotatable bonds is 5. The average Bonchev–Trinajstić information content (AvgIpc) is 2.51. The fourth-order valence-electron chi connectivity index (χ4n) is 3.15. The van der Waals surface area contributed by atoms with E-state index in [-0.39, 0.29) is 23.5 Å². The average molecular weight is 303 g/mol. The Labute approximate surface area is 134 Å². The predicted molar refractivity (Wildman–Crippen MR) is 89.8 cm³/mol. The third-order valence-electron chi connectivity index (χ3n) is 4.70. The molecule has 0 radical (unpaired) electrons. The molecular weight excluding hydrogens is 274 g/mol. The van der Waals surface area contributed by atoms with Gasteiger partial charge < -0.3 is 9.64 Å². The van der Waals surface area contributed by atoms with Crippen LogP contribution in [-0.4, -0.2) is 35.6 Å². The van der Waals surface area contributed by atoms with Gasteiger partial charge >= 0.3 is 0 Å². The lowest BCUT2D eigenvalue weighted by molar-refractivity contribution is -0.158. The molecule has 1 aliphatic rings. The molecule has 1 fully saturated rings. The van der Waals surface area contributed by atoms with Gasteiger partial charge in [0.05, 0.1) is 18.2 Å². The Hall–Kier alpha value is -1.35. The maximum atomic E-state index is 12.8. The summed E-state index contributed by atoms with van der Waals surface area (Å²) in [5.74, 6) is 0.422. The predicted octanol–water partition coefficient (Wildman–Crippen LogP) is 3.67. The van der Waals surface area contributed by atoms with Crippen molar-refractivity contribution in [1.82, 2.24) is 4.90 Å². The zero-order valence-corrected chi connectivity index (χ0v) is 14.3. The van der Waals surface area contributed by atoms with E-state index in [1.54, 1.807) is 0 Å². The second kappa shape index (κ2) is 7.28. The van der Waals surface area contributed by atoms with Crippen molar-refractivity contribution in [2.45, 2.75) is 58.6 Å². The quantitative estimate of drug-likeness (QED) is 0.830. The molecule has 0 spiro atoms. The number of benzene rings is 1. The Morgan fingerprint density at radius 2 is 1.91 bits per heavy atom. The SMILES string of the molecule is CCC(CC)C(=O)N1CC(Cc2ccccc2)OCC1(C)C. The van der Waals surface area contributed by atoms with E-state index in [2.05, 4.69) is 56.9 Å². The Morgan fingerprint density at radius 3 is 2.50 bits per heavy atom. The van der Waals surface area contributed by atoms with Crippen molar-refractivity contribution < 1.29 is 9.53 Å². The summed E-state index contributed by atoms with van der Waals surface area (Å²) < 4.78 is 6.03. The van der Waals surface area contributed by atoms with Gasteiger partial charge in [-0.05, 0) is 32.3 Å². The number of amides is 1. The van der Waals surface area contributed by atoms with Crippen molar-refractivity contribution in [3.63, 3.8) is 0 Å². The van der Waals surface area contributed by atoms with E-state index < -0.39 is 0 Å². The van der Waals surface area contributed by atoms with Crippen molar-refractivity contribution >= 4 is 5.91 Å². The van der Waals surface area contributed by atoms with E-state index in [1.165, 1.54) is 5.56 Å². The molecule has 1 atom stereocenters. The summed E-state index contributed by atoms with van der Waals surface area (Å²) in [5.41, 5.74) is 1.05. The van der Waals surface area contributed by atoms with Crippen LogP contribution in [-0.2, 0) is 16.0 Å². The van der Waals surface area contributed by atoms with E-state index in [1.807, 2.05) is 6.07 Å². The molecule has 22 heavy (non-hydrogen) atoms. The standard InChI is InChI=1S/C19H29NO2/c1-5-16(6-2)18(21)20-13-17(22-14-19(20,3)4)12-15-10-8-7-9-11-15/h7-11,16-17H,5-6,12-14H2,1-4H3. The van der Waals surface area contributed by atoms with Crippen LogP contribution in [0.3, 0.4) is 0 Å². The molecule has 1 aromatic rings. The van der Waals surface area contributed by atoms with E-state index in [0.29, 0.717) is 13.2 Å². The normalized spacial score (nSPS) is 21.1. The van der Waals surface area contributed by atoms with Crippen molar-refractivity contribution in [2.75, 3.05) is 13.2 Å². The lowest BCUT2D eigenvalue weighted by Gasteiger charge is -2.46. The molecule has 3 heteroatoms. The van der Waals surface area contributed by atoms with Gasteiger partial charge in [0.1, 0.15) is 0 Å². The van der Waals surface area contributed by atoms with Crippen LogP contribution in [0, 0.1) is 5.92 Å². The van der Waals surface area contributed by atoms with E-state index in [9.17, 15) is 4.79 Å². The third-order valence-corrected chi connectivity index (χ3v) is 4.70. The maximum absolute atomic E-state index is 12.8. The monoisotopic (exact) mass is 303 g/mol. The Balaban J connectivity index is 2.08. The minimum absolute atomic E-state index is 0.0914. The molecule has 1 unspecified atom stereocenters. The van der Waals surface area contributed by atoms with E-state index in [0.717, 1.165) is 19.3 Å². The lowest BCUT2D eigenvalue weighted by atomic mass is 9.93. The number of carbonyl (C=O) groups is 1. The smallest absolute Gasteiger partial charge is 0.226 e. The molecule has 122 valence electrons. The van der Waals surface area contributed by atoms with Crippen molar-refractivity contribution in [2.24, 2.45) is 5.92 Å². The maximum Gasteiger partial charge on any atom is 0.226 e. The van der Waals surface area contributed by atoms with Gasteiger partial charge in [-0.25, -0.2) is 0 Å². The number of ether oxygens (including phenoxy) is 1. The summed E-state index contributed by atoms with van der Waals surface area (Å²) in [6.07, 6.45) is 2.77. The highest BCUT2D eigenvalue weighted by Crippen LogP contribution is 2.27. The molecule has 0 bridgehead atoms. The van der Waals surface area contributed by atoms with Gasteiger partial charge in [0, 0.05) is 18.9 Å². The molecule has 3 nitrogen and oxygen atoms in total. The molecule has 0 aliphatic carbocycles. The van der Waals surface area contributed by atoms with Gasteiger partial charge in [-0.15, -0.1) is 0 Å². The summed E-state index contributed by atoms with van der Waals surface area (Å²) in [5, 5.41) is 0. The molecule has 1 amide bonds. The highest BCUT2D eigenvalue weighted by molar-refractivity contribution is 5.79. The number of morpholine rings is 1. The number of carbonyl (C=O) groups excluding carboxylic acids is 1. The third kappa shape index (κ3) is 3.89. The first-order valence-electron chi connectivity index (χ1n) is 8.45. The van der Waals surface area contributed by atoms with Crippen molar-refractivity contribution in [1.29, 1.82) is 0 Å². The van der Waals surface area contributed by atoms with Gasteiger partial charge in [-0.2, -0.15) is 0 Å². The van der Waals surface area contributed by atoms with Crippen molar-refractivity contribution in [3.05, 3.63) is 35.9 Å². The van der Waals surface area contributed by atoms with E-state index >= 15 is 0 Å². The highest BCUT2D eigenvalue weighted by atomic mass is 16.5. The van der Waals surface area contributed by atoms with Crippen LogP contribution < -0.4 is 0 Å². The lowest BCUT2D eigenvalue weighted by Crippen LogP contribution is -2.60. The number of hydrogen-bond acceptors (Lipinski definition) is 2. The van der Waals surface area contributed by atoms with Gasteiger partial charge in [-0.3, -0.25) is 4.79 Å². The zero-order valence-electron chi connectivity index (χ0n) is 14.3. The fourth-order valence-corrected chi connectivity index (χ4v) is 3.15. The molecule has 1 aromatic carbocycles.